The normalized spacial score (nSPS) is 22.8. The molecule has 0 bridgehead atoms. The number of rotatable bonds is 3. The molecule has 1 saturated heterocycles. The summed E-state index contributed by atoms with van der Waals surface area (Å²) in [6.45, 7) is 2.03. The highest BCUT2D eigenvalue weighted by atomic mass is 16.5. The summed E-state index contributed by atoms with van der Waals surface area (Å²) in [6, 6.07) is 7.44. The molecule has 1 fully saturated rings. The van der Waals surface area contributed by atoms with Crippen molar-refractivity contribution < 1.29 is 14.6 Å². The predicted molar refractivity (Wildman–Crippen MR) is 60.6 cm³/mol. The Morgan fingerprint density at radius 2 is 2.44 bits per heavy atom. The van der Waals surface area contributed by atoms with Gasteiger partial charge in [0.15, 0.2) is 0 Å². The molecular weight excluding hydrogens is 206 g/mol. The first-order chi connectivity index (χ1) is 7.81. The molecule has 88 valence electrons. The van der Waals surface area contributed by atoms with E-state index >= 15 is 0 Å². The zero-order chi connectivity index (χ0) is 11.4. The second kappa shape index (κ2) is 5.30. The van der Waals surface area contributed by atoms with Gasteiger partial charge in [0, 0.05) is 6.54 Å². The van der Waals surface area contributed by atoms with Gasteiger partial charge in [0.05, 0.1) is 32.5 Å². The fourth-order valence-corrected chi connectivity index (χ4v) is 1.85. The van der Waals surface area contributed by atoms with Crippen molar-refractivity contribution in [2.75, 3.05) is 26.9 Å². The Balaban J connectivity index is 2.09. The molecule has 1 aromatic rings. The maximum Gasteiger partial charge on any atom is 0.119 e. The van der Waals surface area contributed by atoms with Crippen LogP contribution in [0.25, 0.3) is 0 Å². The van der Waals surface area contributed by atoms with Crippen molar-refractivity contribution in [2.24, 2.45) is 0 Å². The SMILES string of the molecule is COc1cccc(C(O)C2COCCN2)c1. The molecule has 4 heteroatoms. The summed E-state index contributed by atoms with van der Waals surface area (Å²) >= 11 is 0. The van der Waals surface area contributed by atoms with Gasteiger partial charge in [-0.1, -0.05) is 12.1 Å². The zero-order valence-electron chi connectivity index (χ0n) is 9.35. The van der Waals surface area contributed by atoms with Crippen LogP contribution in [0, 0.1) is 0 Å². The van der Waals surface area contributed by atoms with Crippen LogP contribution in [0.5, 0.6) is 5.75 Å². The van der Waals surface area contributed by atoms with Crippen molar-refractivity contribution in [2.45, 2.75) is 12.1 Å². The van der Waals surface area contributed by atoms with Gasteiger partial charge >= 0.3 is 0 Å². The minimum atomic E-state index is -0.560. The summed E-state index contributed by atoms with van der Waals surface area (Å²) in [4.78, 5) is 0. The molecule has 0 amide bonds. The fourth-order valence-electron chi connectivity index (χ4n) is 1.85. The van der Waals surface area contributed by atoms with E-state index in [9.17, 15) is 5.11 Å². The van der Waals surface area contributed by atoms with Crippen molar-refractivity contribution >= 4 is 0 Å². The van der Waals surface area contributed by atoms with Gasteiger partial charge in [0.1, 0.15) is 5.75 Å². The van der Waals surface area contributed by atoms with Gasteiger partial charge in [-0.15, -0.1) is 0 Å². The molecule has 1 aromatic carbocycles. The van der Waals surface area contributed by atoms with E-state index in [2.05, 4.69) is 5.32 Å². The summed E-state index contributed by atoms with van der Waals surface area (Å²) in [6.07, 6.45) is -0.560. The molecular formula is C12H17NO3. The topological polar surface area (TPSA) is 50.7 Å². The van der Waals surface area contributed by atoms with Crippen molar-refractivity contribution in [3.8, 4) is 5.75 Å². The lowest BCUT2D eigenvalue weighted by atomic mass is 10.0. The Labute approximate surface area is 95.2 Å². The Morgan fingerprint density at radius 3 is 3.12 bits per heavy atom. The van der Waals surface area contributed by atoms with E-state index < -0.39 is 6.10 Å². The molecule has 1 heterocycles. The van der Waals surface area contributed by atoms with E-state index in [1.165, 1.54) is 0 Å². The summed E-state index contributed by atoms with van der Waals surface area (Å²) in [5.41, 5.74) is 0.849. The average molecular weight is 223 g/mol. The monoisotopic (exact) mass is 223 g/mol. The highest BCUT2D eigenvalue weighted by Gasteiger charge is 2.23. The molecule has 2 rings (SSSR count). The van der Waals surface area contributed by atoms with Crippen LogP contribution in [0.4, 0.5) is 0 Å². The lowest BCUT2D eigenvalue weighted by molar-refractivity contribution is 0.0176. The number of hydrogen-bond donors (Lipinski definition) is 2. The lowest BCUT2D eigenvalue weighted by Crippen LogP contribution is -2.45. The van der Waals surface area contributed by atoms with E-state index in [0.29, 0.717) is 13.2 Å². The van der Waals surface area contributed by atoms with Crippen LogP contribution in [-0.2, 0) is 4.74 Å². The van der Waals surface area contributed by atoms with Crippen LogP contribution in [0.3, 0.4) is 0 Å². The second-order valence-electron chi connectivity index (χ2n) is 3.86. The largest absolute Gasteiger partial charge is 0.497 e. The van der Waals surface area contributed by atoms with E-state index in [1.807, 2.05) is 24.3 Å². The number of methoxy groups -OCH3 is 1. The molecule has 0 aliphatic carbocycles. The summed E-state index contributed by atoms with van der Waals surface area (Å²) in [7, 11) is 1.62. The molecule has 0 radical (unpaired) electrons. The number of benzene rings is 1. The van der Waals surface area contributed by atoms with E-state index in [1.54, 1.807) is 7.11 Å². The third-order valence-electron chi connectivity index (χ3n) is 2.77. The summed E-state index contributed by atoms with van der Waals surface area (Å²) in [5.74, 6) is 0.758. The molecule has 0 saturated carbocycles. The Morgan fingerprint density at radius 1 is 1.56 bits per heavy atom. The Kier molecular flexibility index (Phi) is 3.77. The fraction of sp³-hybridized carbons (Fsp3) is 0.500. The molecule has 0 spiro atoms. The van der Waals surface area contributed by atoms with E-state index in [-0.39, 0.29) is 6.04 Å². The number of nitrogens with one attached hydrogen (secondary N) is 1. The van der Waals surface area contributed by atoms with Gasteiger partial charge in [-0.3, -0.25) is 0 Å². The first kappa shape index (κ1) is 11.4. The van der Waals surface area contributed by atoms with Crippen LogP contribution in [-0.4, -0.2) is 38.0 Å². The standard InChI is InChI=1S/C12H17NO3/c1-15-10-4-2-3-9(7-10)12(14)11-8-16-6-5-13-11/h2-4,7,11-14H,5-6,8H2,1H3. The zero-order valence-corrected chi connectivity index (χ0v) is 9.35. The molecule has 1 aliphatic heterocycles. The third kappa shape index (κ3) is 2.52. The molecule has 0 aromatic heterocycles. The first-order valence-electron chi connectivity index (χ1n) is 5.44. The van der Waals surface area contributed by atoms with E-state index in [0.717, 1.165) is 17.9 Å². The van der Waals surface area contributed by atoms with Gasteiger partial charge in [-0.25, -0.2) is 0 Å². The summed E-state index contributed by atoms with van der Waals surface area (Å²) in [5, 5.41) is 13.4. The van der Waals surface area contributed by atoms with Gasteiger partial charge in [0.25, 0.3) is 0 Å². The molecule has 1 aliphatic rings. The molecule has 16 heavy (non-hydrogen) atoms. The number of morpholine rings is 1. The highest BCUT2D eigenvalue weighted by Crippen LogP contribution is 2.22. The molecule has 2 N–H and O–H groups in total. The Hall–Kier alpha value is -1.10. The number of hydrogen-bond acceptors (Lipinski definition) is 4. The first-order valence-corrected chi connectivity index (χ1v) is 5.44. The van der Waals surface area contributed by atoms with Gasteiger partial charge in [0.2, 0.25) is 0 Å². The number of aliphatic hydroxyl groups excluding tert-OH is 1. The maximum atomic E-state index is 10.2. The number of ether oxygens (including phenoxy) is 2. The van der Waals surface area contributed by atoms with Gasteiger partial charge in [-0.05, 0) is 17.7 Å². The van der Waals surface area contributed by atoms with Crippen LogP contribution >= 0.6 is 0 Å². The quantitative estimate of drug-likeness (QED) is 0.792. The van der Waals surface area contributed by atoms with Crippen molar-refractivity contribution in [1.82, 2.24) is 5.32 Å². The predicted octanol–water partition coefficient (Wildman–Crippen LogP) is 0.717. The van der Waals surface area contributed by atoms with Crippen LogP contribution in [0.1, 0.15) is 11.7 Å². The van der Waals surface area contributed by atoms with Crippen LogP contribution in [0.15, 0.2) is 24.3 Å². The van der Waals surface area contributed by atoms with Crippen molar-refractivity contribution in [3.05, 3.63) is 29.8 Å². The Bertz CT molecular complexity index is 337. The smallest absolute Gasteiger partial charge is 0.119 e. The van der Waals surface area contributed by atoms with Gasteiger partial charge in [-0.2, -0.15) is 0 Å². The van der Waals surface area contributed by atoms with Gasteiger partial charge < -0.3 is 19.9 Å². The van der Waals surface area contributed by atoms with E-state index in [4.69, 9.17) is 9.47 Å². The third-order valence-corrected chi connectivity index (χ3v) is 2.77. The molecule has 2 unspecified atom stereocenters. The van der Waals surface area contributed by atoms with Crippen molar-refractivity contribution in [3.63, 3.8) is 0 Å². The maximum absolute atomic E-state index is 10.2. The highest BCUT2D eigenvalue weighted by molar-refractivity contribution is 5.30. The second-order valence-corrected chi connectivity index (χ2v) is 3.86. The molecule has 2 atom stereocenters. The number of aliphatic hydroxyl groups is 1. The van der Waals surface area contributed by atoms with Crippen LogP contribution < -0.4 is 10.1 Å². The summed E-state index contributed by atoms with van der Waals surface area (Å²) < 4.78 is 10.5. The lowest BCUT2D eigenvalue weighted by Gasteiger charge is -2.28. The van der Waals surface area contributed by atoms with Crippen molar-refractivity contribution in [1.29, 1.82) is 0 Å². The molecule has 4 nitrogen and oxygen atoms in total. The average Bonchev–Trinajstić information content (AvgIpc) is 2.39. The minimum absolute atomic E-state index is 0.0409. The van der Waals surface area contributed by atoms with Crippen LogP contribution in [0.2, 0.25) is 0 Å². The minimum Gasteiger partial charge on any atom is -0.497 e.